The van der Waals surface area contributed by atoms with Crippen LogP contribution in [0.15, 0.2) is 15.0 Å². The number of isocyanates is 3. The molecule has 302 valence electrons. The molecule has 5 N–H and O–H groups in total. The molecular weight excluding hydrogens is 720 g/mol. The Balaban J connectivity index is 6.30. The van der Waals surface area contributed by atoms with Crippen LogP contribution in [0.3, 0.4) is 0 Å². The minimum Gasteiger partial charge on any atom is -0.467 e. The van der Waals surface area contributed by atoms with Crippen LogP contribution >= 0.6 is 0 Å². The van der Waals surface area contributed by atoms with Crippen LogP contribution in [0.4, 0.5) is 14.4 Å². The van der Waals surface area contributed by atoms with Gasteiger partial charge in [0.1, 0.15) is 18.8 Å². The number of methoxy groups -OCH3 is 3. The van der Waals surface area contributed by atoms with Gasteiger partial charge in [0.2, 0.25) is 18.2 Å². The molecule has 5 atom stereocenters. The average Bonchev–Trinajstić information content (AvgIpc) is 3.15. The van der Waals surface area contributed by atoms with Gasteiger partial charge in [0.15, 0.2) is 18.1 Å². The summed E-state index contributed by atoms with van der Waals surface area (Å²) in [6.07, 6.45) is 0.402. The Bertz CT molecular complexity index is 1310. The monoisotopic (exact) mass is 770 g/mol. The van der Waals surface area contributed by atoms with E-state index in [0.717, 1.165) is 21.3 Å². The molecule has 54 heavy (non-hydrogen) atoms. The number of hydrogen-bond acceptors (Lipinski definition) is 18. The Morgan fingerprint density at radius 3 is 1.28 bits per heavy atom. The summed E-state index contributed by atoms with van der Waals surface area (Å²) in [5.41, 5.74) is 9.45. The predicted octanol–water partition coefficient (Wildman–Crippen LogP) is 1.96. The molecule has 0 aliphatic carbocycles. The molecule has 0 saturated heterocycles. The molecule has 0 fully saturated rings. The van der Waals surface area contributed by atoms with E-state index in [1.54, 1.807) is 6.92 Å². The van der Waals surface area contributed by atoms with Gasteiger partial charge in [0.25, 0.3) is 0 Å². The number of amides is 3. The van der Waals surface area contributed by atoms with Gasteiger partial charge in [-0.15, -0.1) is 0 Å². The number of nitrogens with one attached hydrogen (secondary N) is 1. The van der Waals surface area contributed by atoms with Crippen molar-refractivity contribution in [2.45, 2.75) is 114 Å². The predicted molar refractivity (Wildman–Crippen MR) is 184 cm³/mol. The van der Waals surface area contributed by atoms with Crippen LogP contribution in [0.2, 0.25) is 0 Å². The summed E-state index contributed by atoms with van der Waals surface area (Å²) in [6, 6.07) is -3.29. The maximum Gasteiger partial charge on any atom is 0.407 e. The van der Waals surface area contributed by atoms with Crippen molar-refractivity contribution in [3.8, 4) is 0 Å². The van der Waals surface area contributed by atoms with Crippen molar-refractivity contribution in [1.82, 2.24) is 5.32 Å². The van der Waals surface area contributed by atoms with Crippen molar-refractivity contribution in [3.05, 3.63) is 0 Å². The number of primary amides is 2. The summed E-state index contributed by atoms with van der Waals surface area (Å²) in [4.78, 5) is 116. The van der Waals surface area contributed by atoms with Crippen LogP contribution in [0.5, 0.6) is 0 Å². The van der Waals surface area contributed by atoms with Gasteiger partial charge in [-0.1, -0.05) is 19.8 Å². The van der Waals surface area contributed by atoms with Gasteiger partial charge in [-0.25, -0.2) is 43.2 Å². The van der Waals surface area contributed by atoms with E-state index in [1.807, 2.05) is 0 Å². The quantitative estimate of drug-likeness (QED) is 0.0337. The van der Waals surface area contributed by atoms with Gasteiger partial charge in [-0.05, 0) is 64.2 Å². The molecular formula is C33H50N6O15. The van der Waals surface area contributed by atoms with Crippen LogP contribution in [0.25, 0.3) is 0 Å². The molecule has 3 amide bonds. The Kier molecular flexibility index (Phi) is 25.0. The molecule has 0 rings (SSSR count). The topological polar surface area (TPSA) is 310 Å². The molecule has 0 aliphatic rings. The van der Waals surface area contributed by atoms with Crippen molar-refractivity contribution in [3.63, 3.8) is 0 Å². The molecule has 0 aromatic heterocycles. The summed E-state index contributed by atoms with van der Waals surface area (Å²) in [5.74, 6) is -2.23. The van der Waals surface area contributed by atoms with E-state index in [-0.39, 0.29) is 70.8 Å². The molecule has 0 radical (unpaired) electrons. The van der Waals surface area contributed by atoms with E-state index >= 15 is 0 Å². The number of unbranched alkanes of at least 4 members (excludes halogenated alkanes) is 3. The number of hydrogen-bond donors (Lipinski definition) is 3. The highest BCUT2D eigenvalue weighted by atomic mass is 16.6. The number of ether oxygens (including phenoxy) is 6. The van der Waals surface area contributed by atoms with Gasteiger partial charge in [-0.3, -0.25) is 0 Å². The number of nitrogens with two attached hydrogens (primary N) is 2. The lowest BCUT2D eigenvalue weighted by Gasteiger charge is -2.43. The second-order valence-corrected chi connectivity index (χ2v) is 11.8. The summed E-state index contributed by atoms with van der Waals surface area (Å²) in [7, 11) is 3.42. The second-order valence-electron chi connectivity index (χ2n) is 11.8. The summed E-state index contributed by atoms with van der Waals surface area (Å²) in [5, 5.41) is 2.55. The highest BCUT2D eigenvalue weighted by Gasteiger charge is 2.49. The number of alkyl carbamates (subject to hydrolysis) is 1. The lowest BCUT2D eigenvalue weighted by Crippen LogP contribution is -2.53. The molecule has 0 aliphatic heterocycles. The Morgan fingerprint density at radius 1 is 0.611 bits per heavy atom. The van der Waals surface area contributed by atoms with E-state index in [9.17, 15) is 43.2 Å². The fraction of sp³-hybridized carbons (Fsp3) is 0.727. The standard InChI is InChI=1S/C33H50N6O15/c1-5-33(18-52-32(48)36-17-11-10-14-24(39-21-42)29(45)51-4,25(53-30(34)46)15-8-6-12-22(37-19-40)27(43)49-2)26(54-31(35)47)16-9-7-13-23(38-20-41)28(44)50-3/h22-26H,5-18H2,1-4H3,(H2,34,46)(H2,35,47)(H,36,48). The highest BCUT2D eigenvalue weighted by Crippen LogP contribution is 2.40. The van der Waals surface area contributed by atoms with Crippen molar-refractivity contribution >= 4 is 54.4 Å². The first-order valence-corrected chi connectivity index (χ1v) is 17.1. The fourth-order valence-electron chi connectivity index (χ4n) is 5.70. The van der Waals surface area contributed by atoms with Crippen molar-refractivity contribution in [2.24, 2.45) is 31.9 Å². The van der Waals surface area contributed by atoms with Gasteiger partial charge in [-0.2, -0.15) is 15.0 Å². The van der Waals surface area contributed by atoms with E-state index in [0.29, 0.717) is 12.8 Å². The molecule has 21 nitrogen and oxygen atoms in total. The van der Waals surface area contributed by atoms with Crippen molar-refractivity contribution in [1.29, 1.82) is 0 Å². The van der Waals surface area contributed by atoms with E-state index in [2.05, 4.69) is 34.5 Å². The van der Waals surface area contributed by atoms with Crippen LogP contribution in [0.1, 0.15) is 84.0 Å². The lowest BCUT2D eigenvalue weighted by molar-refractivity contribution is -0.143. The third-order valence-electron chi connectivity index (χ3n) is 8.54. The normalized spacial score (nSPS) is 14.2. The van der Waals surface area contributed by atoms with E-state index < -0.39 is 78.5 Å². The number of aliphatic imine (C=N–C) groups is 3. The maximum atomic E-state index is 12.9. The molecule has 0 heterocycles. The molecule has 0 saturated carbocycles. The smallest absolute Gasteiger partial charge is 0.407 e. The first-order valence-electron chi connectivity index (χ1n) is 17.1. The Morgan fingerprint density at radius 2 is 0.963 bits per heavy atom. The van der Waals surface area contributed by atoms with E-state index in [1.165, 1.54) is 18.2 Å². The van der Waals surface area contributed by atoms with Gasteiger partial charge < -0.3 is 45.2 Å². The fourth-order valence-corrected chi connectivity index (χ4v) is 5.70. The zero-order valence-corrected chi connectivity index (χ0v) is 30.9. The largest absolute Gasteiger partial charge is 0.467 e. The zero-order chi connectivity index (χ0) is 40.9. The minimum atomic E-state index is -1.48. The average molecular weight is 771 g/mol. The number of esters is 3. The Hall–Kier alpha value is -5.64. The second kappa shape index (κ2) is 27.9. The first kappa shape index (κ1) is 48.4. The molecule has 0 bridgehead atoms. The lowest BCUT2D eigenvalue weighted by atomic mass is 9.71. The van der Waals surface area contributed by atoms with Crippen LogP contribution in [-0.2, 0) is 57.2 Å². The van der Waals surface area contributed by atoms with Crippen molar-refractivity contribution < 1.29 is 71.6 Å². The molecule has 5 unspecified atom stereocenters. The summed E-state index contributed by atoms with van der Waals surface area (Å²) < 4.78 is 30.6. The third-order valence-corrected chi connectivity index (χ3v) is 8.54. The molecule has 0 aromatic carbocycles. The number of nitrogens with zero attached hydrogens (tertiary/aromatic N) is 3. The minimum absolute atomic E-state index is 0.0299. The molecule has 0 aromatic rings. The van der Waals surface area contributed by atoms with Gasteiger partial charge >= 0.3 is 36.2 Å². The first-order chi connectivity index (χ1) is 25.8. The van der Waals surface area contributed by atoms with E-state index in [4.69, 9.17) is 25.7 Å². The number of rotatable bonds is 28. The Labute approximate surface area is 311 Å². The molecule has 21 heteroatoms. The van der Waals surface area contributed by atoms with Crippen LogP contribution < -0.4 is 16.8 Å². The van der Waals surface area contributed by atoms with Gasteiger partial charge in [0.05, 0.1) is 26.7 Å². The number of carbonyl (C=O) groups excluding carboxylic acids is 9. The summed E-state index contributed by atoms with van der Waals surface area (Å²) in [6.45, 7) is 1.24. The molecule has 0 spiro atoms. The van der Waals surface area contributed by atoms with Crippen LogP contribution in [0, 0.1) is 5.41 Å². The maximum absolute atomic E-state index is 12.9. The third kappa shape index (κ3) is 18.2. The zero-order valence-electron chi connectivity index (χ0n) is 30.9. The van der Waals surface area contributed by atoms with Crippen molar-refractivity contribution in [2.75, 3.05) is 34.5 Å². The number of carbonyl (C=O) groups is 6. The SMILES string of the molecule is CCC(COC(=O)NCCCCC(N=C=O)C(=O)OC)(C(CCCCC(N=C=O)C(=O)OC)OC(N)=O)C(CCCCC(N=C=O)C(=O)OC)OC(N)=O. The van der Waals surface area contributed by atoms with Gasteiger partial charge in [0, 0.05) is 6.54 Å². The summed E-state index contributed by atoms with van der Waals surface area (Å²) >= 11 is 0. The highest BCUT2D eigenvalue weighted by molar-refractivity contribution is 5.77. The van der Waals surface area contributed by atoms with Crippen LogP contribution in [-0.4, -0.2) is 119 Å².